The number of nitrogens with one attached hydrogen (secondary N) is 1. The van der Waals surface area contributed by atoms with E-state index >= 15 is 0 Å². The Morgan fingerprint density at radius 1 is 1.56 bits per heavy atom. The van der Waals surface area contributed by atoms with E-state index in [-0.39, 0.29) is 24.4 Å². The second-order valence-electron chi connectivity index (χ2n) is 4.57. The number of rotatable bonds is 4. The van der Waals surface area contributed by atoms with Crippen LogP contribution in [0.1, 0.15) is 38.5 Å². The van der Waals surface area contributed by atoms with E-state index in [0.717, 1.165) is 6.42 Å². The first-order valence-electron chi connectivity index (χ1n) is 6.26. The minimum atomic E-state index is -0.395. The van der Waals surface area contributed by atoms with Crippen molar-refractivity contribution >= 4 is 11.8 Å². The molecule has 2 amide bonds. The molecule has 0 aliphatic carbocycles. The van der Waals surface area contributed by atoms with Crippen molar-refractivity contribution in [2.45, 2.75) is 38.8 Å². The van der Waals surface area contributed by atoms with Crippen molar-refractivity contribution in [3.63, 3.8) is 0 Å². The number of amides is 2. The molecule has 0 aromatic carbocycles. The van der Waals surface area contributed by atoms with Crippen molar-refractivity contribution in [2.24, 2.45) is 0 Å². The van der Waals surface area contributed by atoms with Crippen LogP contribution in [0.2, 0.25) is 0 Å². The number of hydrogen-bond donors (Lipinski definition) is 1. The highest BCUT2D eigenvalue weighted by Crippen LogP contribution is 2.23. The Balaban J connectivity index is 2.15. The van der Waals surface area contributed by atoms with E-state index in [2.05, 4.69) is 5.32 Å². The van der Waals surface area contributed by atoms with Crippen LogP contribution in [0.3, 0.4) is 0 Å². The molecule has 1 fully saturated rings. The lowest BCUT2D eigenvalue weighted by atomic mass is 10.1. The molecule has 1 aliphatic rings. The Morgan fingerprint density at radius 2 is 2.33 bits per heavy atom. The number of carbonyl (C=O) groups is 2. The van der Waals surface area contributed by atoms with Crippen LogP contribution in [0.4, 0.5) is 0 Å². The Labute approximate surface area is 106 Å². The van der Waals surface area contributed by atoms with E-state index in [1.54, 1.807) is 17.2 Å². The van der Waals surface area contributed by atoms with Crippen LogP contribution in [0.15, 0.2) is 22.8 Å². The second kappa shape index (κ2) is 5.25. The van der Waals surface area contributed by atoms with Gasteiger partial charge >= 0.3 is 0 Å². The fourth-order valence-electron chi connectivity index (χ4n) is 2.23. The first kappa shape index (κ1) is 12.7. The Kier molecular flexibility index (Phi) is 3.69. The van der Waals surface area contributed by atoms with Crippen molar-refractivity contribution in [1.29, 1.82) is 0 Å². The summed E-state index contributed by atoms with van der Waals surface area (Å²) in [6.45, 7) is 3.97. The maximum atomic E-state index is 12.3. The van der Waals surface area contributed by atoms with Gasteiger partial charge in [0, 0.05) is 0 Å². The van der Waals surface area contributed by atoms with Gasteiger partial charge in [-0.2, -0.15) is 0 Å². The lowest BCUT2D eigenvalue weighted by Gasteiger charge is -2.35. The number of carbonyl (C=O) groups excluding carboxylic acids is 2. The number of hydrogen-bond acceptors (Lipinski definition) is 3. The van der Waals surface area contributed by atoms with E-state index in [9.17, 15) is 9.59 Å². The van der Waals surface area contributed by atoms with E-state index in [1.165, 1.54) is 0 Å². The normalized spacial score (nSPS) is 21.9. The van der Waals surface area contributed by atoms with Gasteiger partial charge in [-0.05, 0) is 25.5 Å². The molecule has 2 rings (SSSR count). The Morgan fingerprint density at radius 3 is 2.94 bits per heavy atom. The highest BCUT2D eigenvalue weighted by Gasteiger charge is 2.35. The summed E-state index contributed by atoms with van der Waals surface area (Å²) in [5, 5.41) is 2.74. The Hall–Kier alpha value is -1.78. The van der Waals surface area contributed by atoms with Gasteiger partial charge in [-0.1, -0.05) is 13.3 Å². The third kappa shape index (κ3) is 2.39. The minimum Gasteiger partial charge on any atom is -0.467 e. The van der Waals surface area contributed by atoms with Gasteiger partial charge in [-0.25, -0.2) is 0 Å². The molecule has 18 heavy (non-hydrogen) atoms. The Bertz CT molecular complexity index is 427. The smallest absolute Gasteiger partial charge is 0.246 e. The van der Waals surface area contributed by atoms with Gasteiger partial charge in [-0.3, -0.25) is 9.59 Å². The van der Waals surface area contributed by atoms with Crippen molar-refractivity contribution in [3.8, 4) is 0 Å². The van der Waals surface area contributed by atoms with Crippen LogP contribution >= 0.6 is 0 Å². The quantitative estimate of drug-likeness (QED) is 0.880. The van der Waals surface area contributed by atoms with Crippen molar-refractivity contribution in [1.82, 2.24) is 10.2 Å². The first-order valence-corrected chi connectivity index (χ1v) is 6.26. The summed E-state index contributed by atoms with van der Waals surface area (Å²) >= 11 is 0. The van der Waals surface area contributed by atoms with Gasteiger partial charge in [0.15, 0.2) is 0 Å². The average Bonchev–Trinajstić information content (AvgIpc) is 2.86. The maximum Gasteiger partial charge on any atom is 0.246 e. The molecule has 1 aromatic rings. The SMILES string of the molecule is CCCC1NC(=O)CN(C(C)c2ccco2)C1=O. The van der Waals surface area contributed by atoms with Crippen molar-refractivity contribution in [3.05, 3.63) is 24.2 Å². The summed E-state index contributed by atoms with van der Waals surface area (Å²) in [6.07, 6.45) is 3.11. The highest BCUT2D eigenvalue weighted by atomic mass is 16.3. The summed E-state index contributed by atoms with van der Waals surface area (Å²) in [7, 11) is 0. The van der Waals surface area contributed by atoms with Crippen LogP contribution in [0.5, 0.6) is 0 Å². The first-order chi connectivity index (χ1) is 8.63. The van der Waals surface area contributed by atoms with Crippen LogP contribution in [-0.4, -0.2) is 29.3 Å². The third-order valence-electron chi connectivity index (χ3n) is 3.23. The highest BCUT2D eigenvalue weighted by molar-refractivity contribution is 5.95. The van der Waals surface area contributed by atoms with Gasteiger partial charge < -0.3 is 14.6 Å². The summed E-state index contributed by atoms with van der Waals surface area (Å²) in [5.41, 5.74) is 0. The molecule has 1 N–H and O–H groups in total. The summed E-state index contributed by atoms with van der Waals surface area (Å²) in [5.74, 6) is 0.570. The van der Waals surface area contributed by atoms with E-state index in [4.69, 9.17) is 4.42 Å². The molecule has 2 unspecified atom stereocenters. The monoisotopic (exact) mass is 250 g/mol. The molecule has 0 bridgehead atoms. The topological polar surface area (TPSA) is 62.6 Å². The van der Waals surface area contributed by atoms with Crippen LogP contribution in [0, 0.1) is 0 Å². The molecule has 1 aliphatic heterocycles. The van der Waals surface area contributed by atoms with Crippen molar-refractivity contribution in [2.75, 3.05) is 6.54 Å². The zero-order chi connectivity index (χ0) is 13.1. The maximum absolute atomic E-state index is 12.3. The van der Waals surface area contributed by atoms with Crippen LogP contribution in [0.25, 0.3) is 0 Å². The molecule has 2 atom stereocenters. The molecule has 0 radical (unpaired) electrons. The molecule has 2 heterocycles. The second-order valence-corrected chi connectivity index (χ2v) is 4.57. The van der Waals surface area contributed by atoms with Gasteiger partial charge in [0.1, 0.15) is 18.3 Å². The lowest BCUT2D eigenvalue weighted by molar-refractivity contribution is -0.147. The van der Waals surface area contributed by atoms with E-state index in [0.29, 0.717) is 12.2 Å². The number of furan rings is 1. The van der Waals surface area contributed by atoms with Gasteiger partial charge in [0.25, 0.3) is 0 Å². The predicted octanol–water partition coefficient (Wildman–Crippen LogP) is 1.47. The fourth-order valence-corrected chi connectivity index (χ4v) is 2.23. The third-order valence-corrected chi connectivity index (χ3v) is 3.23. The molecule has 0 saturated carbocycles. The number of nitrogens with zero attached hydrogens (tertiary/aromatic N) is 1. The van der Waals surface area contributed by atoms with E-state index < -0.39 is 6.04 Å². The van der Waals surface area contributed by atoms with Crippen molar-refractivity contribution < 1.29 is 14.0 Å². The summed E-state index contributed by atoms with van der Waals surface area (Å²) in [6, 6.07) is 3.00. The molecule has 0 spiro atoms. The largest absolute Gasteiger partial charge is 0.467 e. The molecule has 5 nitrogen and oxygen atoms in total. The zero-order valence-corrected chi connectivity index (χ0v) is 10.7. The summed E-state index contributed by atoms with van der Waals surface area (Å²) in [4.78, 5) is 25.5. The minimum absolute atomic E-state index is 0.0275. The lowest BCUT2D eigenvalue weighted by Crippen LogP contribution is -2.58. The molecule has 98 valence electrons. The predicted molar refractivity (Wildman–Crippen MR) is 65.7 cm³/mol. The van der Waals surface area contributed by atoms with Gasteiger partial charge in [-0.15, -0.1) is 0 Å². The van der Waals surface area contributed by atoms with Gasteiger partial charge in [0.2, 0.25) is 11.8 Å². The summed E-state index contributed by atoms with van der Waals surface area (Å²) < 4.78 is 5.30. The average molecular weight is 250 g/mol. The zero-order valence-electron chi connectivity index (χ0n) is 10.7. The molecule has 5 heteroatoms. The molecular weight excluding hydrogens is 232 g/mol. The standard InChI is InChI=1S/C13H18N2O3/c1-3-5-10-13(17)15(8-12(16)14-10)9(2)11-6-4-7-18-11/h4,6-7,9-10H,3,5,8H2,1-2H3,(H,14,16). The van der Waals surface area contributed by atoms with Crippen LogP contribution in [-0.2, 0) is 9.59 Å². The van der Waals surface area contributed by atoms with Gasteiger partial charge in [0.05, 0.1) is 12.3 Å². The fraction of sp³-hybridized carbons (Fsp3) is 0.538. The number of piperazine rings is 1. The molecule has 1 saturated heterocycles. The molecular formula is C13H18N2O3. The van der Waals surface area contributed by atoms with E-state index in [1.807, 2.05) is 19.9 Å². The molecule has 1 aromatic heterocycles. The van der Waals surface area contributed by atoms with Crippen LogP contribution < -0.4 is 5.32 Å².